The number of carbonyl (C=O) groups is 2. The number of aliphatic carboxylic acids is 1. The number of aromatic carboxylic acids is 1. The summed E-state index contributed by atoms with van der Waals surface area (Å²) in [6.45, 7) is 0. The zero-order valence-corrected chi connectivity index (χ0v) is 13.6. The SMILES string of the molecule is O=C(O)/C=C/c1ccccc1.O=C([O-])c1ccccc1.[Na+]. The number of carboxylic acid groups (broad SMARTS) is 2. The number of hydrogen-bond donors (Lipinski definition) is 1. The van der Waals surface area contributed by atoms with Gasteiger partial charge in [0.2, 0.25) is 0 Å². The molecule has 1 N–H and O–H groups in total. The van der Waals surface area contributed by atoms with Gasteiger partial charge in [0, 0.05) is 6.08 Å². The normalized spacial score (nSPS) is 9.14. The summed E-state index contributed by atoms with van der Waals surface area (Å²) in [4.78, 5) is 20.2. The maximum absolute atomic E-state index is 10.1. The van der Waals surface area contributed by atoms with E-state index in [2.05, 4.69) is 0 Å². The molecule has 21 heavy (non-hydrogen) atoms. The second-order valence-electron chi connectivity index (χ2n) is 3.74. The number of hydrogen-bond acceptors (Lipinski definition) is 3. The van der Waals surface area contributed by atoms with Crippen LogP contribution in [-0.4, -0.2) is 17.0 Å². The van der Waals surface area contributed by atoms with Crippen LogP contribution in [0.15, 0.2) is 66.7 Å². The van der Waals surface area contributed by atoms with Gasteiger partial charge in [-0.1, -0.05) is 60.7 Å². The van der Waals surface area contributed by atoms with Crippen molar-refractivity contribution in [2.45, 2.75) is 0 Å². The predicted octanol–water partition coefficient (Wildman–Crippen LogP) is -1.16. The Bertz CT molecular complexity index is 580. The third-order valence-corrected chi connectivity index (χ3v) is 2.23. The summed E-state index contributed by atoms with van der Waals surface area (Å²) in [6.07, 6.45) is 2.68. The topological polar surface area (TPSA) is 77.4 Å². The molecule has 2 aromatic carbocycles. The first kappa shape index (κ1) is 19.1. The molecule has 0 bridgehead atoms. The molecule has 0 amide bonds. The minimum atomic E-state index is -1.13. The monoisotopic (exact) mass is 292 g/mol. The molecule has 0 unspecified atom stereocenters. The molecule has 5 heteroatoms. The Morgan fingerprint density at radius 3 is 1.76 bits per heavy atom. The van der Waals surface area contributed by atoms with E-state index in [1.54, 1.807) is 24.3 Å². The van der Waals surface area contributed by atoms with Crippen LogP contribution in [0.25, 0.3) is 6.08 Å². The Kier molecular flexibility index (Phi) is 9.88. The Labute approximate surface area is 145 Å². The van der Waals surface area contributed by atoms with E-state index in [4.69, 9.17) is 5.11 Å². The van der Waals surface area contributed by atoms with Gasteiger partial charge in [0.05, 0.1) is 5.97 Å². The minimum Gasteiger partial charge on any atom is -0.545 e. The van der Waals surface area contributed by atoms with E-state index in [9.17, 15) is 14.7 Å². The van der Waals surface area contributed by atoms with Crippen molar-refractivity contribution in [3.8, 4) is 0 Å². The standard InChI is InChI=1S/C9H8O2.C7H6O2.Na/c10-9(11)7-6-8-4-2-1-3-5-8;8-7(9)6-4-2-1-3-5-6;/h1-7H,(H,10,11);1-5H,(H,8,9);/q;;+1/p-1/b7-6+;;. The average Bonchev–Trinajstić information content (AvgIpc) is 2.48. The third-order valence-electron chi connectivity index (χ3n) is 2.23. The van der Waals surface area contributed by atoms with E-state index < -0.39 is 11.9 Å². The van der Waals surface area contributed by atoms with E-state index in [0.29, 0.717) is 0 Å². The van der Waals surface area contributed by atoms with E-state index in [0.717, 1.165) is 11.6 Å². The molecule has 0 fully saturated rings. The second kappa shape index (κ2) is 10.9. The fourth-order valence-corrected chi connectivity index (χ4v) is 1.31. The Balaban J connectivity index is 0.000000370. The van der Waals surface area contributed by atoms with Crippen molar-refractivity contribution in [1.29, 1.82) is 0 Å². The van der Waals surface area contributed by atoms with Gasteiger partial charge in [0.1, 0.15) is 0 Å². The van der Waals surface area contributed by atoms with E-state index >= 15 is 0 Å². The molecule has 0 saturated heterocycles. The van der Waals surface area contributed by atoms with Crippen molar-refractivity contribution in [1.82, 2.24) is 0 Å². The molecule has 0 aliphatic carbocycles. The molecule has 2 rings (SSSR count). The molecular formula is C16H13NaO4. The maximum Gasteiger partial charge on any atom is 1.00 e. The molecule has 0 spiro atoms. The maximum atomic E-state index is 10.1. The molecule has 0 atom stereocenters. The van der Waals surface area contributed by atoms with Gasteiger partial charge >= 0.3 is 35.5 Å². The van der Waals surface area contributed by atoms with Crippen LogP contribution in [-0.2, 0) is 4.79 Å². The first-order valence-electron chi connectivity index (χ1n) is 5.82. The summed E-state index contributed by atoms with van der Waals surface area (Å²) in [5.41, 5.74) is 1.12. The molecule has 0 saturated carbocycles. The van der Waals surface area contributed by atoms with Gasteiger partial charge in [-0.05, 0) is 17.2 Å². The Morgan fingerprint density at radius 1 is 0.905 bits per heavy atom. The molecule has 0 heterocycles. The van der Waals surface area contributed by atoms with Crippen LogP contribution in [0.2, 0.25) is 0 Å². The van der Waals surface area contributed by atoms with Crippen LogP contribution >= 0.6 is 0 Å². The van der Waals surface area contributed by atoms with Crippen molar-refractivity contribution >= 4 is 18.0 Å². The summed E-state index contributed by atoms with van der Waals surface area (Å²) in [5, 5.41) is 18.4. The van der Waals surface area contributed by atoms with Gasteiger partial charge in [-0.25, -0.2) is 4.79 Å². The van der Waals surface area contributed by atoms with E-state index in [1.807, 2.05) is 30.3 Å². The van der Waals surface area contributed by atoms with E-state index in [-0.39, 0.29) is 35.1 Å². The fraction of sp³-hybridized carbons (Fsp3) is 0. The quantitative estimate of drug-likeness (QED) is 0.572. The molecule has 0 aliphatic rings. The summed E-state index contributed by atoms with van der Waals surface area (Å²) in [6, 6.07) is 17.4. The van der Waals surface area contributed by atoms with Gasteiger partial charge in [-0.2, -0.15) is 0 Å². The average molecular weight is 292 g/mol. The summed E-state index contributed by atoms with van der Waals surface area (Å²) >= 11 is 0. The van der Waals surface area contributed by atoms with Crippen molar-refractivity contribution in [3.63, 3.8) is 0 Å². The molecule has 0 aliphatic heterocycles. The van der Waals surface area contributed by atoms with Crippen LogP contribution < -0.4 is 34.7 Å². The zero-order chi connectivity index (χ0) is 14.8. The van der Waals surface area contributed by atoms with Crippen LogP contribution in [0.1, 0.15) is 15.9 Å². The summed E-state index contributed by atoms with van der Waals surface area (Å²) < 4.78 is 0. The Hall–Kier alpha value is -1.88. The van der Waals surface area contributed by atoms with Gasteiger partial charge in [-0.3, -0.25) is 0 Å². The van der Waals surface area contributed by atoms with Gasteiger partial charge in [0.25, 0.3) is 0 Å². The van der Waals surface area contributed by atoms with Gasteiger partial charge < -0.3 is 15.0 Å². The van der Waals surface area contributed by atoms with Crippen molar-refractivity contribution in [2.75, 3.05) is 0 Å². The Morgan fingerprint density at radius 2 is 1.38 bits per heavy atom. The summed E-state index contributed by atoms with van der Waals surface area (Å²) in [7, 11) is 0. The number of rotatable bonds is 3. The van der Waals surface area contributed by atoms with Crippen LogP contribution in [0.3, 0.4) is 0 Å². The van der Waals surface area contributed by atoms with Crippen LogP contribution in [0.5, 0.6) is 0 Å². The molecule has 0 aromatic heterocycles. The first-order chi connectivity index (χ1) is 9.59. The van der Waals surface area contributed by atoms with Crippen molar-refractivity contribution in [2.24, 2.45) is 0 Å². The van der Waals surface area contributed by atoms with Crippen molar-refractivity contribution < 1.29 is 49.4 Å². The number of carboxylic acids is 2. The smallest absolute Gasteiger partial charge is 0.545 e. The van der Waals surface area contributed by atoms with Crippen LogP contribution in [0, 0.1) is 0 Å². The molecule has 0 radical (unpaired) electrons. The zero-order valence-electron chi connectivity index (χ0n) is 11.6. The number of carbonyl (C=O) groups excluding carboxylic acids is 1. The number of benzene rings is 2. The van der Waals surface area contributed by atoms with Gasteiger partial charge in [-0.15, -0.1) is 0 Å². The molecule has 2 aromatic rings. The van der Waals surface area contributed by atoms with Crippen molar-refractivity contribution in [3.05, 3.63) is 77.9 Å². The largest absolute Gasteiger partial charge is 1.00 e. The third kappa shape index (κ3) is 8.81. The molecule has 102 valence electrons. The van der Waals surface area contributed by atoms with Crippen LogP contribution in [0.4, 0.5) is 0 Å². The molecule has 4 nitrogen and oxygen atoms in total. The minimum absolute atomic E-state index is 0. The summed E-state index contributed by atoms with van der Waals surface area (Å²) in [5.74, 6) is -2.05. The second-order valence-corrected chi connectivity index (χ2v) is 3.74. The fourth-order valence-electron chi connectivity index (χ4n) is 1.31. The van der Waals surface area contributed by atoms with E-state index in [1.165, 1.54) is 12.1 Å². The molecular weight excluding hydrogens is 279 g/mol. The van der Waals surface area contributed by atoms with Gasteiger partial charge in [0.15, 0.2) is 0 Å². The first-order valence-corrected chi connectivity index (χ1v) is 5.82. The predicted molar refractivity (Wildman–Crippen MR) is 73.9 cm³/mol.